The minimum atomic E-state index is -4.22. The van der Waals surface area contributed by atoms with E-state index in [1.54, 1.807) is 30.3 Å². The van der Waals surface area contributed by atoms with Crippen molar-refractivity contribution in [3.8, 4) is 0 Å². The number of hydrogen-bond donors (Lipinski definition) is 1. The first kappa shape index (κ1) is 9.03. The zero-order valence-electron chi connectivity index (χ0n) is 5.48. The van der Waals surface area contributed by atoms with Gasteiger partial charge < -0.3 is 0 Å². The van der Waals surface area contributed by atoms with Crippen molar-refractivity contribution < 1.29 is 10.9 Å². The third-order valence-corrected chi connectivity index (χ3v) is 5.60. The number of benzene rings is 1. The topological polar surface area (TPSA) is 46.5 Å². The van der Waals surface area contributed by atoms with Crippen LogP contribution in [0, 0.1) is 0 Å². The molecule has 0 aliphatic rings. The average molecular weight is 286 g/mol. The van der Waals surface area contributed by atoms with Crippen molar-refractivity contribution in [3.05, 3.63) is 30.3 Å². The summed E-state index contributed by atoms with van der Waals surface area (Å²) in [6, 6.07) is 8.26. The number of rotatable bonds is 2. The minimum absolute atomic E-state index is 0.336. The third-order valence-electron chi connectivity index (χ3n) is 1.18. The van der Waals surface area contributed by atoms with E-state index in [0.29, 0.717) is 4.46 Å². The Morgan fingerprint density at radius 1 is 1.36 bits per heavy atom. The molecule has 0 saturated carbocycles. The molecule has 1 aromatic rings. The van der Waals surface area contributed by atoms with Gasteiger partial charge in [-0.25, -0.2) is 0 Å². The van der Waals surface area contributed by atoms with Crippen molar-refractivity contribution in [1.82, 2.24) is 0 Å². The Bertz CT molecular complexity index is 274. The summed E-state index contributed by atoms with van der Waals surface area (Å²) in [6.45, 7) is 0. The Balaban J connectivity index is 3.03. The van der Waals surface area contributed by atoms with Crippen LogP contribution in [0.5, 0.6) is 0 Å². The van der Waals surface area contributed by atoms with E-state index >= 15 is 0 Å². The normalized spacial score (nSPS) is 12.9. The molecule has 1 aromatic carbocycles. The van der Waals surface area contributed by atoms with Crippen LogP contribution >= 0.6 is 16.3 Å². The predicted molar refractivity (Wildman–Crippen MR) is 46.1 cm³/mol. The Morgan fingerprint density at radius 3 is 2.36 bits per heavy atom. The van der Waals surface area contributed by atoms with Crippen LogP contribution in [0.4, 0.5) is 0 Å². The third kappa shape index (κ3) is 2.18. The van der Waals surface area contributed by atoms with E-state index in [2.05, 4.69) is 19.2 Å². The van der Waals surface area contributed by atoms with Gasteiger partial charge in [0.15, 0.2) is 0 Å². The quantitative estimate of drug-likeness (QED) is 0.796. The van der Waals surface area contributed by atoms with Gasteiger partial charge in [0.05, 0.1) is 0 Å². The van der Waals surface area contributed by atoms with Gasteiger partial charge in [-0.15, -0.1) is 0 Å². The summed E-state index contributed by atoms with van der Waals surface area (Å²) < 4.78 is 24.9. The summed E-state index contributed by atoms with van der Waals surface area (Å²) in [5, 5.41) is 0. The van der Waals surface area contributed by atoms with Crippen molar-refractivity contribution in [2.75, 3.05) is 0 Å². The molecule has 0 aliphatic heterocycles. The van der Waals surface area contributed by atoms with Gasteiger partial charge in [0.1, 0.15) is 0 Å². The molecule has 0 fully saturated rings. The van der Waals surface area contributed by atoms with Crippen LogP contribution in [0.25, 0.3) is 0 Å². The first-order chi connectivity index (χ1) is 5.17. The van der Waals surface area contributed by atoms with E-state index in [1.807, 2.05) is 0 Å². The first-order valence-electron chi connectivity index (χ1n) is 2.85. The summed E-state index contributed by atoms with van der Waals surface area (Å²) >= 11 is -1.69. The van der Waals surface area contributed by atoms with Gasteiger partial charge in [-0.1, -0.05) is 0 Å². The zero-order valence-corrected chi connectivity index (χ0v) is 8.94. The monoisotopic (exact) mass is 286 g/mol. The number of halogens is 1. The Morgan fingerprint density at radius 2 is 1.91 bits per heavy atom. The SMILES string of the molecule is O=[SeH](O)(OBr)c1ccccc1. The van der Waals surface area contributed by atoms with Gasteiger partial charge in [0.25, 0.3) is 0 Å². The molecule has 62 valence electrons. The molecular formula is C6H7BrO3Se. The summed E-state index contributed by atoms with van der Waals surface area (Å²) in [5.74, 6) is 0. The molecule has 0 atom stereocenters. The van der Waals surface area contributed by atoms with Gasteiger partial charge in [0, 0.05) is 0 Å². The fourth-order valence-corrected chi connectivity index (χ4v) is 2.84. The van der Waals surface area contributed by atoms with Crippen molar-refractivity contribution in [2.45, 2.75) is 0 Å². The van der Waals surface area contributed by atoms with Crippen molar-refractivity contribution in [3.63, 3.8) is 0 Å². The van der Waals surface area contributed by atoms with E-state index in [1.165, 1.54) is 0 Å². The molecule has 5 heteroatoms. The van der Waals surface area contributed by atoms with Gasteiger partial charge in [-0.3, -0.25) is 0 Å². The molecular weight excluding hydrogens is 279 g/mol. The summed E-state index contributed by atoms with van der Waals surface area (Å²) in [7, 11) is 0. The van der Waals surface area contributed by atoms with Gasteiger partial charge in [-0.05, 0) is 0 Å². The van der Waals surface area contributed by atoms with E-state index in [0.717, 1.165) is 0 Å². The number of hydrogen-bond acceptors (Lipinski definition) is 2. The van der Waals surface area contributed by atoms with Crippen LogP contribution in [-0.2, 0) is 6.75 Å². The second-order valence-corrected chi connectivity index (χ2v) is 6.99. The maximum absolute atomic E-state index is 11.1. The molecule has 1 N–H and O–H groups in total. The van der Waals surface area contributed by atoms with Gasteiger partial charge in [0.2, 0.25) is 0 Å². The molecule has 0 bridgehead atoms. The van der Waals surface area contributed by atoms with Crippen molar-refractivity contribution >= 4 is 34.2 Å². The molecule has 0 unspecified atom stereocenters. The van der Waals surface area contributed by atoms with Crippen LogP contribution in [0.15, 0.2) is 30.3 Å². The zero-order chi connectivity index (χ0) is 8.32. The van der Waals surface area contributed by atoms with Crippen molar-refractivity contribution in [2.24, 2.45) is 0 Å². The van der Waals surface area contributed by atoms with Crippen LogP contribution in [0.3, 0.4) is 0 Å². The summed E-state index contributed by atoms with van der Waals surface area (Å²) in [4.78, 5) is 0. The van der Waals surface area contributed by atoms with Crippen LogP contribution in [0.1, 0.15) is 0 Å². The Kier molecular flexibility index (Phi) is 2.92. The standard InChI is InChI=1S/C6H7BrO3Se/c7-10-11(8,9)6-4-2-1-3-5-6/h1-5,11H,(H,8,9). The van der Waals surface area contributed by atoms with E-state index in [4.69, 9.17) is 4.19 Å². The molecule has 0 saturated heterocycles. The second-order valence-electron chi connectivity index (χ2n) is 1.92. The predicted octanol–water partition coefficient (Wildman–Crippen LogP) is 0.314. The molecule has 0 aromatic heterocycles. The fraction of sp³-hybridized carbons (Fsp3) is 0. The first-order valence-corrected chi connectivity index (χ1v) is 6.81. The average Bonchev–Trinajstić information content (AvgIpc) is 2.06. The Hall–Kier alpha value is -0.0605. The second kappa shape index (κ2) is 3.56. The van der Waals surface area contributed by atoms with E-state index in [9.17, 15) is 3.83 Å². The molecule has 0 aliphatic carbocycles. The molecule has 11 heavy (non-hydrogen) atoms. The van der Waals surface area contributed by atoms with Crippen LogP contribution < -0.4 is 4.46 Å². The van der Waals surface area contributed by atoms with E-state index in [-0.39, 0.29) is 0 Å². The van der Waals surface area contributed by atoms with E-state index < -0.39 is 13.4 Å². The summed E-state index contributed by atoms with van der Waals surface area (Å²) in [5.41, 5.74) is 0. The molecule has 0 spiro atoms. The van der Waals surface area contributed by atoms with Gasteiger partial charge >= 0.3 is 75.4 Å². The molecule has 1 rings (SSSR count). The molecule has 0 amide bonds. The summed E-state index contributed by atoms with van der Waals surface area (Å²) in [6.07, 6.45) is 0. The molecule has 0 radical (unpaired) electrons. The van der Waals surface area contributed by atoms with Gasteiger partial charge in [-0.2, -0.15) is 0 Å². The van der Waals surface area contributed by atoms with Crippen LogP contribution in [0.2, 0.25) is 0 Å². The fourth-order valence-electron chi connectivity index (χ4n) is 0.656. The maximum atomic E-state index is 11.1. The Labute approximate surface area is 75.5 Å². The van der Waals surface area contributed by atoms with Crippen LogP contribution in [-0.4, -0.2) is 17.6 Å². The molecule has 0 heterocycles. The molecule has 3 nitrogen and oxygen atoms in total. The van der Waals surface area contributed by atoms with Crippen molar-refractivity contribution in [1.29, 1.82) is 0 Å².